The molecule has 0 bridgehead atoms. The number of ether oxygens (including phenoxy) is 2. The van der Waals surface area contributed by atoms with Crippen molar-refractivity contribution in [3.8, 4) is 17.1 Å². The summed E-state index contributed by atoms with van der Waals surface area (Å²) in [5.74, 6) is 0.0511. The fourth-order valence-corrected chi connectivity index (χ4v) is 4.98. The summed E-state index contributed by atoms with van der Waals surface area (Å²) in [6.45, 7) is -0.0208. The lowest BCUT2D eigenvalue weighted by Crippen LogP contribution is -2.19. The Labute approximate surface area is 243 Å². The van der Waals surface area contributed by atoms with Gasteiger partial charge < -0.3 is 19.3 Å². The van der Waals surface area contributed by atoms with Gasteiger partial charge in [0.2, 0.25) is 5.88 Å². The van der Waals surface area contributed by atoms with E-state index in [1.54, 1.807) is 42.5 Å². The number of carbonyl (C=O) groups excluding carboxylic acids is 1. The van der Waals surface area contributed by atoms with Crippen LogP contribution in [0.5, 0.6) is 5.88 Å². The zero-order valence-corrected chi connectivity index (χ0v) is 23.2. The SMILES string of the molecule is COC(=O)c1cccc(CNCc2ccc(OCc3c(-c4c(Cl)cccc4Cl)noc3C3CC3)nc2C(F)(F)F)c1. The molecule has 0 saturated heterocycles. The summed E-state index contributed by atoms with van der Waals surface area (Å²) in [5, 5.41) is 7.87. The van der Waals surface area contributed by atoms with E-state index in [2.05, 4.69) is 15.5 Å². The Hall–Kier alpha value is -3.60. The lowest BCUT2D eigenvalue weighted by Gasteiger charge is -2.15. The van der Waals surface area contributed by atoms with Gasteiger partial charge in [-0.1, -0.05) is 52.6 Å². The minimum atomic E-state index is -4.71. The van der Waals surface area contributed by atoms with Crippen molar-refractivity contribution in [2.75, 3.05) is 7.11 Å². The summed E-state index contributed by atoms with van der Waals surface area (Å²) in [5.41, 5.74) is 1.36. The van der Waals surface area contributed by atoms with Gasteiger partial charge in [0.05, 0.1) is 28.3 Å². The molecule has 4 aromatic rings. The molecule has 0 amide bonds. The lowest BCUT2D eigenvalue weighted by molar-refractivity contribution is -0.142. The van der Waals surface area contributed by atoms with Crippen LogP contribution in [0.2, 0.25) is 10.0 Å². The molecule has 1 aliphatic rings. The molecule has 0 spiro atoms. The fraction of sp³-hybridized carbons (Fsp3) is 0.276. The maximum absolute atomic E-state index is 14.0. The number of hydrogen-bond donors (Lipinski definition) is 1. The summed E-state index contributed by atoms with van der Waals surface area (Å²) in [6, 6.07) is 14.4. The van der Waals surface area contributed by atoms with Crippen LogP contribution in [0.15, 0.2) is 59.1 Å². The molecule has 0 atom stereocenters. The largest absolute Gasteiger partial charge is 0.473 e. The molecular weight excluding hydrogens is 582 g/mol. The molecule has 41 heavy (non-hydrogen) atoms. The van der Waals surface area contributed by atoms with E-state index in [9.17, 15) is 18.0 Å². The summed E-state index contributed by atoms with van der Waals surface area (Å²) < 4.78 is 58.0. The van der Waals surface area contributed by atoms with E-state index in [-0.39, 0.29) is 37.1 Å². The van der Waals surface area contributed by atoms with E-state index in [0.717, 1.165) is 12.8 Å². The Balaban J connectivity index is 1.33. The van der Waals surface area contributed by atoms with E-state index >= 15 is 0 Å². The molecule has 0 radical (unpaired) electrons. The monoisotopic (exact) mass is 605 g/mol. The Morgan fingerprint density at radius 3 is 2.49 bits per heavy atom. The molecule has 214 valence electrons. The van der Waals surface area contributed by atoms with Crippen molar-refractivity contribution in [3.63, 3.8) is 0 Å². The second-order valence-corrected chi connectivity index (χ2v) is 10.3. The molecule has 7 nitrogen and oxygen atoms in total. The molecule has 2 heterocycles. The summed E-state index contributed by atoms with van der Waals surface area (Å²) >= 11 is 12.8. The van der Waals surface area contributed by atoms with Crippen LogP contribution in [0.4, 0.5) is 13.2 Å². The van der Waals surface area contributed by atoms with Gasteiger partial charge in [0.15, 0.2) is 5.69 Å². The molecule has 12 heteroatoms. The Bertz CT molecular complexity index is 1550. The smallest absolute Gasteiger partial charge is 0.433 e. The van der Waals surface area contributed by atoms with Gasteiger partial charge in [0.25, 0.3) is 0 Å². The van der Waals surface area contributed by atoms with Crippen LogP contribution in [0.1, 0.15) is 57.3 Å². The zero-order chi connectivity index (χ0) is 29.1. The predicted octanol–water partition coefficient (Wildman–Crippen LogP) is 7.60. The van der Waals surface area contributed by atoms with E-state index in [4.69, 9.17) is 37.2 Å². The number of alkyl halides is 3. The molecule has 0 unspecified atom stereocenters. The van der Waals surface area contributed by atoms with Crippen LogP contribution in [0.25, 0.3) is 11.3 Å². The van der Waals surface area contributed by atoms with Crippen molar-refractivity contribution in [2.45, 2.75) is 44.6 Å². The minimum Gasteiger partial charge on any atom is -0.473 e. The van der Waals surface area contributed by atoms with Crippen molar-refractivity contribution in [2.24, 2.45) is 0 Å². The minimum absolute atomic E-state index is 0.0545. The number of aromatic nitrogens is 2. The van der Waals surface area contributed by atoms with Crippen molar-refractivity contribution in [3.05, 3.63) is 98.4 Å². The van der Waals surface area contributed by atoms with Crippen LogP contribution in [0, 0.1) is 0 Å². The molecule has 2 aromatic heterocycles. The third kappa shape index (κ3) is 6.66. The number of carbonyl (C=O) groups is 1. The molecule has 5 rings (SSSR count). The van der Waals surface area contributed by atoms with Crippen molar-refractivity contribution < 1.29 is 32.0 Å². The molecule has 1 saturated carbocycles. The van der Waals surface area contributed by atoms with Gasteiger partial charge in [-0.15, -0.1) is 0 Å². The quantitative estimate of drug-likeness (QED) is 0.186. The van der Waals surface area contributed by atoms with E-state index in [0.29, 0.717) is 43.8 Å². The number of methoxy groups -OCH3 is 1. The van der Waals surface area contributed by atoms with E-state index in [1.165, 1.54) is 19.2 Å². The van der Waals surface area contributed by atoms with Gasteiger partial charge in [-0.05, 0) is 48.2 Å². The molecular formula is C29H24Cl2F3N3O4. The molecule has 1 aliphatic carbocycles. The average molecular weight is 606 g/mol. The highest BCUT2D eigenvalue weighted by Crippen LogP contribution is 2.46. The topological polar surface area (TPSA) is 86.5 Å². The van der Waals surface area contributed by atoms with Crippen LogP contribution in [-0.4, -0.2) is 23.2 Å². The van der Waals surface area contributed by atoms with Crippen LogP contribution in [0.3, 0.4) is 0 Å². The highest BCUT2D eigenvalue weighted by Gasteiger charge is 2.36. The van der Waals surface area contributed by atoms with Gasteiger partial charge in [-0.25, -0.2) is 9.78 Å². The number of benzene rings is 2. The Morgan fingerprint density at radius 2 is 1.80 bits per heavy atom. The first-order valence-corrected chi connectivity index (χ1v) is 13.4. The number of esters is 1. The third-order valence-electron chi connectivity index (χ3n) is 6.55. The van der Waals surface area contributed by atoms with Crippen molar-refractivity contribution in [1.29, 1.82) is 0 Å². The van der Waals surface area contributed by atoms with Gasteiger partial charge in [0, 0.05) is 30.6 Å². The Morgan fingerprint density at radius 1 is 1.07 bits per heavy atom. The highest BCUT2D eigenvalue weighted by molar-refractivity contribution is 6.39. The number of pyridine rings is 1. The Kier molecular flexibility index (Phi) is 8.53. The van der Waals surface area contributed by atoms with Gasteiger partial charge >= 0.3 is 12.1 Å². The van der Waals surface area contributed by atoms with Gasteiger partial charge in [-0.2, -0.15) is 13.2 Å². The van der Waals surface area contributed by atoms with Crippen LogP contribution in [-0.2, 0) is 30.6 Å². The predicted molar refractivity (Wildman–Crippen MR) is 146 cm³/mol. The summed E-state index contributed by atoms with van der Waals surface area (Å²) in [7, 11) is 1.28. The highest BCUT2D eigenvalue weighted by atomic mass is 35.5. The number of hydrogen-bond acceptors (Lipinski definition) is 7. The van der Waals surface area contributed by atoms with E-state index in [1.807, 2.05) is 0 Å². The number of nitrogens with one attached hydrogen (secondary N) is 1. The number of nitrogens with zero attached hydrogens (tertiary/aromatic N) is 2. The first-order chi connectivity index (χ1) is 19.7. The second kappa shape index (κ2) is 12.1. The summed E-state index contributed by atoms with van der Waals surface area (Å²) in [4.78, 5) is 15.5. The molecule has 1 N–H and O–H groups in total. The fourth-order valence-electron chi connectivity index (χ4n) is 4.40. The van der Waals surface area contributed by atoms with Gasteiger partial charge in [-0.3, -0.25) is 0 Å². The lowest BCUT2D eigenvalue weighted by atomic mass is 10.0. The first-order valence-electron chi connectivity index (χ1n) is 12.7. The third-order valence-corrected chi connectivity index (χ3v) is 7.18. The molecule has 1 fully saturated rings. The standard InChI is InChI=1S/C29H24Cl2F3N3O4/c1-39-28(38)18-5-2-4-16(12-18)13-35-14-19-10-11-23(36-27(19)29(32,33)34)40-15-20-25(37-41-26(20)17-8-9-17)24-21(30)6-3-7-22(24)31/h2-7,10-12,17,35H,8-9,13-15H2,1H3. The zero-order valence-electron chi connectivity index (χ0n) is 21.7. The number of rotatable bonds is 10. The summed E-state index contributed by atoms with van der Waals surface area (Å²) in [6.07, 6.45) is -2.90. The van der Waals surface area contributed by atoms with Crippen molar-refractivity contribution >= 4 is 29.2 Å². The maximum Gasteiger partial charge on any atom is 0.433 e. The maximum atomic E-state index is 14.0. The average Bonchev–Trinajstić information content (AvgIpc) is 3.71. The molecule has 2 aromatic carbocycles. The van der Waals surface area contributed by atoms with Gasteiger partial charge in [0.1, 0.15) is 18.1 Å². The first kappa shape index (κ1) is 28.9. The second-order valence-electron chi connectivity index (χ2n) is 9.48. The van der Waals surface area contributed by atoms with E-state index < -0.39 is 17.8 Å². The van der Waals surface area contributed by atoms with Crippen LogP contribution >= 0.6 is 23.2 Å². The van der Waals surface area contributed by atoms with Crippen LogP contribution < -0.4 is 10.1 Å². The number of halogens is 5. The van der Waals surface area contributed by atoms with Crippen molar-refractivity contribution in [1.82, 2.24) is 15.5 Å². The molecule has 0 aliphatic heterocycles. The normalized spacial score (nSPS) is 13.3.